The summed E-state index contributed by atoms with van der Waals surface area (Å²) >= 11 is 0. The molecule has 2 aliphatic carbocycles. The first-order chi connectivity index (χ1) is 13.3. The quantitative estimate of drug-likeness (QED) is 0.261. The molecule has 0 aliphatic heterocycles. The second kappa shape index (κ2) is 14.2. The van der Waals surface area contributed by atoms with E-state index in [0.29, 0.717) is 6.10 Å². The van der Waals surface area contributed by atoms with Crippen molar-refractivity contribution in [1.82, 2.24) is 0 Å². The summed E-state index contributed by atoms with van der Waals surface area (Å²) in [6, 6.07) is 2.08. The molecule has 154 valence electrons. The molecule has 0 bridgehead atoms. The van der Waals surface area contributed by atoms with Gasteiger partial charge in [0, 0.05) is 12.7 Å². The Labute approximate surface area is 168 Å². The van der Waals surface area contributed by atoms with Gasteiger partial charge in [0.05, 0.1) is 12.2 Å². The normalized spacial score (nSPS) is 29.0. The van der Waals surface area contributed by atoms with Gasteiger partial charge in [-0.2, -0.15) is 5.26 Å². The SMILES string of the molecule is CCCCCCC[C@H]1CC[C@H](COC2CCC(CCC=CC#N)CC2)CC1. The molecule has 27 heavy (non-hydrogen) atoms. The Morgan fingerprint density at radius 2 is 1.44 bits per heavy atom. The minimum Gasteiger partial charge on any atom is -0.378 e. The summed E-state index contributed by atoms with van der Waals surface area (Å²) in [6.45, 7) is 3.31. The second-order valence-electron chi connectivity index (χ2n) is 9.17. The minimum atomic E-state index is 0.521. The maximum atomic E-state index is 8.53. The molecule has 0 unspecified atom stereocenters. The highest BCUT2D eigenvalue weighted by Gasteiger charge is 2.24. The number of hydrogen-bond donors (Lipinski definition) is 0. The summed E-state index contributed by atoms with van der Waals surface area (Å²) in [6.07, 6.45) is 25.9. The van der Waals surface area contributed by atoms with E-state index in [9.17, 15) is 0 Å². The average Bonchev–Trinajstić information content (AvgIpc) is 2.71. The third kappa shape index (κ3) is 9.79. The predicted octanol–water partition coefficient (Wildman–Crippen LogP) is 7.59. The van der Waals surface area contributed by atoms with E-state index in [-0.39, 0.29) is 0 Å². The van der Waals surface area contributed by atoms with Crippen molar-refractivity contribution in [3.8, 4) is 6.07 Å². The van der Waals surface area contributed by atoms with Gasteiger partial charge >= 0.3 is 0 Å². The molecule has 0 aromatic heterocycles. The Balaban J connectivity index is 1.47. The highest BCUT2D eigenvalue weighted by Crippen LogP contribution is 2.34. The summed E-state index contributed by atoms with van der Waals surface area (Å²) < 4.78 is 6.32. The van der Waals surface area contributed by atoms with E-state index in [4.69, 9.17) is 10.00 Å². The van der Waals surface area contributed by atoms with Crippen LogP contribution in [-0.4, -0.2) is 12.7 Å². The van der Waals surface area contributed by atoms with Crippen LogP contribution in [-0.2, 0) is 4.74 Å². The van der Waals surface area contributed by atoms with Crippen LogP contribution >= 0.6 is 0 Å². The average molecular weight is 374 g/mol. The van der Waals surface area contributed by atoms with Crippen molar-refractivity contribution in [1.29, 1.82) is 5.26 Å². The van der Waals surface area contributed by atoms with E-state index >= 15 is 0 Å². The first-order valence-corrected chi connectivity index (χ1v) is 12.0. The molecule has 0 spiro atoms. The summed E-state index contributed by atoms with van der Waals surface area (Å²) in [5.41, 5.74) is 0. The predicted molar refractivity (Wildman–Crippen MR) is 115 cm³/mol. The minimum absolute atomic E-state index is 0.521. The van der Waals surface area contributed by atoms with Crippen LogP contribution in [0.2, 0.25) is 0 Å². The van der Waals surface area contributed by atoms with E-state index in [1.165, 1.54) is 96.3 Å². The Kier molecular flexibility index (Phi) is 11.8. The Bertz CT molecular complexity index is 422. The molecule has 0 heterocycles. The van der Waals surface area contributed by atoms with E-state index < -0.39 is 0 Å². The molecule has 0 aromatic carbocycles. The monoisotopic (exact) mass is 373 g/mol. The van der Waals surface area contributed by atoms with Gasteiger partial charge in [0.15, 0.2) is 0 Å². The van der Waals surface area contributed by atoms with Gasteiger partial charge < -0.3 is 4.74 Å². The molecule has 0 saturated heterocycles. The van der Waals surface area contributed by atoms with E-state index in [2.05, 4.69) is 13.0 Å². The number of hydrogen-bond acceptors (Lipinski definition) is 2. The van der Waals surface area contributed by atoms with Crippen molar-refractivity contribution in [3.63, 3.8) is 0 Å². The Hall–Kier alpha value is -0.810. The Morgan fingerprint density at radius 3 is 2.15 bits per heavy atom. The molecular weight excluding hydrogens is 330 g/mol. The van der Waals surface area contributed by atoms with Crippen LogP contribution < -0.4 is 0 Å². The summed E-state index contributed by atoms with van der Waals surface area (Å²) in [7, 11) is 0. The van der Waals surface area contributed by atoms with E-state index in [1.54, 1.807) is 6.08 Å². The molecule has 0 radical (unpaired) electrons. The molecule has 0 amide bonds. The fourth-order valence-electron chi connectivity index (χ4n) is 5.05. The number of rotatable bonds is 12. The van der Waals surface area contributed by atoms with E-state index in [1.807, 2.05) is 6.08 Å². The van der Waals surface area contributed by atoms with Crippen molar-refractivity contribution in [2.45, 2.75) is 116 Å². The van der Waals surface area contributed by atoms with Crippen molar-refractivity contribution < 1.29 is 4.74 Å². The molecule has 2 heteroatoms. The van der Waals surface area contributed by atoms with E-state index in [0.717, 1.165) is 30.8 Å². The number of allylic oxidation sites excluding steroid dienone is 2. The van der Waals surface area contributed by atoms with Crippen molar-refractivity contribution in [2.24, 2.45) is 17.8 Å². The zero-order valence-corrected chi connectivity index (χ0v) is 17.8. The van der Waals surface area contributed by atoms with Crippen molar-refractivity contribution >= 4 is 0 Å². The topological polar surface area (TPSA) is 33.0 Å². The van der Waals surface area contributed by atoms with Gasteiger partial charge in [-0.25, -0.2) is 0 Å². The summed E-state index contributed by atoms with van der Waals surface area (Å²) in [5, 5.41) is 8.53. The molecule has 2 aliphatic rings. The molecule has 2 rings (SSSR count). The van der Waals surface area contributed by atoms with Crippen LogP contribution in [0.3, 0.4) is 0 Å². The largest absolute Gasteiger partial charge is 0.378 e. The zero-order chi connectivity index (χ0) is 19.2. The van der Waals surface area contributed by atoms with Crippen LogP contribution in [0.1, 0.15) is 110 Å². The van der Waals surface area contributed by atoms with Crippen LogP contribution in [0, 0.1) is 29.1 Å². The zero-order valence-electron chi connectivity index (χ0n) is 17.8. The smallest absolute Gasteiger partial charge is 0.0908 e. The van der Waals surface area contributed by atoms with Gasteiger partial charge in [0.2, 0.25) is 0 Å². The summed E-state index contributed by atoms with van der Waals surface area (Å²) in [5.74, 6) is 2.68. The van der Waals surface area contributed by atoms with Crippen LogP contribution in [0.4, 0.5) is 0 Å². The highest BCUT2D eigenvalue weighted by molar-refractivity contribution is 5.01. The van der Waals surface area contributed by atoms with Gasteiger partial charge in [-0.1, -0.05) is 64.4 Å². The van der Waals surface area contributed by atoms with Gasteiger partial charge in [0.25, 0.3) is 0 Å². The second-order valence-corrected chi connectivity index (χ2v) is 9.17. The highest BCUT2D eigenvalue weighted by atomic mass is 16.5. The van der Waals surface area contributed by atoms with Crippen LogP contribution in [0.5, 0.6) is 0 Å². The lowest BCUT2D eigenvalue weighted by atomic mass is 9.80. The molecule has 2 fully saturated rings. The van der Waals surface area contributed by atoms with Gasteiger partial charge in [0.1, 0.15) is 0 Å². The van der Waals surface area contributed by atoms with Crippen molar-refractivity contribution in [2.75, 3.05) is 6.61 Å². The summed E-state index contributed by atoms with van der Waals surface area (Å²) in [4.78, 5) is 0. The van der Waals surface area contributed by atoms with Gasteiger partial charge in [-0.05, 0) is 69.1 Å². The standard InChI is InChI=1S/C25H43NO/c1-2-3-4-5-7-10-22-12-14-24(15-13-22)21-27-25-18-16-23(17-19-25)11-8-6-9-20-26/h6,9,22-25H,2-5,7-8,10-19,21H2,1H3/t22-,23?,24-,25?. The first kappa shape index (κ1) is 22.5. The number of nitrogens with zero attached hydrogens (tertiary/aromatic N) is 1. The fourth-order valence-corrected chi connectivity index (χ4v) is 5.05. The third-order valence-electron chi connectivity index (χ3n) is 6.98. The van der Waals surface area contributed by atoms with Gasteiger partial charge in [-0.15, -0.1) is 0 Å². The van der Waals surface area contributed by atoms with Crippen LogP contribution in [0.15, 0.2) is 12.2 Å². The van der Waals surface area contributed by atoms with Crippen molar-refractivity contribution in [3.05, 3.63) is 12.2 Å². The maximum absolute atomic E-state index is 8.53. The maximum Gasteiger partial charge on any atom is 0.0908 e. The molecule has 2 saturated carbocycles. The van der Waals surface area contributed by atoms with Crippen LogP contribution in [0.25, 0.3) is 0 Å². The number of nitriles is 1. The molecule has 2 nitrogen and oxygen atoms in total. The lowest BCUT2D eigenvalue weighted by Gasteiger charge is -2.32. The molecule has 0 N–H and O–H groups in total. The fraction of sp³-hybridized carbons (Fsp3) is 0.880. The molecule has 0 atom stereocenters. The lowest BCUT2D eigenvalue weighted by molar-refractivity contribution is -0.0102. The molecule has 0 aromatic rings. The third-order valence-corrected chi connectivity index (χ3v) is 6.98. The Morgan fingerprint density at radius 1 is 0.815 bits per heavy atom. The number of ether oxygens (including phenoxy) is 1. The van der Waals surface area contributed by atoms with Gasteiger partial charge in [-0.3, -0.25) is 0 Å². The molecular formula is C25H43NO. The first-order valence-electron chi connectivity index (χ1n) is 12.0. The lowest BCUT2D eigenvalue weighted by Crippen LogP contribution is -2.26. The number of unbranched alkanes of at least 4 members (excludes halogenated alkanes) is 4.